The predicted octanol–water partition coefficient (Wildman–Crippen LogP) is 4.64. The molecule has 0 heterocycles. The van der Waals surface area contributed by atoms with Crippen molar-refractivity contribution in [2.75, 3.05) is 26.2 Å². The van der Waals surface area contributed by atoms with Crippen LogP contribution in [0.15, 0.2) is 22.8 Å². The molecule has 0 saturated heterocycles. The van der Waals surface area contributed by atoms with Crippen LogP contribution in [0.4, 0.5) is 0 Å². The number of amides is 1. The predicted molar refractivity (Wildman–Crippen MR) is 174 cm³/mol. The lowest BCUT2D eigenvalue weighted by Gasteiger charge is -2.55. The first-order valence-corrected chi connectivity index (χ1v) is 17.7. The Morgan fingerprint density at radius 1 is 0.886 bits per heavy atom. The molecule has 4 aliphatic carbocycles. The Morgan fingerprint density at radius 3 is 2.30 bits per heavy atom. The van der Waals surface area contributed by atoms with Gasteiger partial charge in [0, 0.05) is 19.0 Å². The molecular formula is C36H61N3O5. The smallest absolute Gasteiger partial charge is 0.303 e. The zero-order valence-electron chi connectivity index (χ0n) is 27.9. The van der Waals surface area contributed by atoms with E-state index in [1.54, 1.807) is 0 Å². The summed E-state index contributed by atoms with van der Waals surface area (Å²) in [5.41, 5.74) is 8.51. The molecule has 0 spiro atoms. The monoisotopic (exact) mass is 615 g/mol. The Bertz CT molecular complexity index is 1020. The molecule has 44 heavy (non-hydrogen) atoms. The van der Waals surface area contributed by atoms with Crippen LogP contribution in [-0.4, -0.2) is 66.6 Å². The minimum atomic E-state index is -0.442. The molecule has 6 N–H and O–H groups in total. The van der Waals surface area contributed by atoms with Crippen LogP contribution in [-0.2, 0) is 14.3 Å². The maximum Gasteiger partial charge on any atom is 0.303 e. The molecule has 1 amide bonds. The van der Waals surface area contributed by atoms with Crippen LogP contribution in [0.2, 0.25) is 0 Å². The van der Waals surface area contributed by atoms with Crippen LogP contribution in [0, 0.1) is 41.4 Å². The second kappa shape index (κ2) is 16.7. The number of carbonyl (C=O) groups is 2. The summed E-state index contributed by atoms with van der Waals surface area (Å²) in [5.74, 6) is 1.71. The normalized spacial score (nSPS) is 35.6. The van der Waals surface area contributed by atoms with Gasteiger partial charge < -0.3 is 31.3 Å². The van der Waals surface area contributed by atoms with Gasteiger partial charge >= 0.3 is 5.97 Å². The quantitative estimate of drug-likeness (QED) is 0.0832. The number of rotatable bonds is 14. The van der Waals surface area contributed by atoms with Gasteiger partial charge in [-0.25, -0.2) is 0 Å². The molecular weight excluding hydrogens is 554 g/mol. The van der Waals surface area contributed by atoms with E-state index in [1.807, 2.05) is 0 Å². The minimum Gasteiger partial charge on any atom is -0.458 e. The average molecular weight is 616 g/mol. The number of nitrogens with one attached hydrogen (secondary N) is 2. The van der Waals surface area contributed by atoms with E-state index in [-0.39, 0.29) is 35.7 Å². The third-order valence-electron chi connectivity index (χ3n) is 11.4. The fourth-order valence-electron chi connectivity index (χ4n) is 9.47. The van der Waals surface area contributed by atoms with E-state index >= 15 is 0 Å². The van der Waals surface area contributed by atoms with Gasteiger partial charge in [0.05, 0.1) is 12.2 Å². The Labute approximate surface area is 266 Å². The van der Waals surface area contributed by atoms with Crippen molar-refractivity contribution in [1.82, 2.24) is 10.6 Å². The topological polar surface area (TPSA) is 134 Å². The standard InChI is InChI=1S/C36H61N3O5/c1-22(2)10-8-11-28(36(43)39-19-7-5-6-17-38-18-9-16-37)35-30-20-32(42)34-26-14-15-31(41)23(3)25(26)12-13-27(34)29(30)21-33(35)44-24(4)40/h10,23,25-27,29-34,38,41-42H,5-9,11-21,37H2,1-4H3,(H,39,43)/b35-28-/t23-,25?,26?,27?,29?,30?,31+,32?,33?,34?/m0/s1. The molecule has 250 valence electrons. The molecule has 0 bridgehead atoms. The van der Waals surface area contributed by atoms with Gasteiger partial charge in [-0.15, -0.1) is 0 Å². The second-order valence-corrected chi connectivity index (χ2v) is 14.5. The molecule has 8 unspecified atom stereocenters. The highest BCUT2D eigenvalue weighted by Gasteiger charge is 2.57. The van der Waals surface area contributed by atoms with Crippen molar-refractivity contribution in [1.29, 1.82) is 0 Å². The van der Waals surface area contributed by atoms with Crippen molar-refractivity contribution in [3.63, 3.8) is 0 Å². The first kappa shape index (κ1) is 35.1. The molecule has 0 aromatic heterocycles. The first-order valence-electron chi connectivity index (χ1n) is 17.7. The van der Waals surface area contributed by atoms with Gasteiger partial charge in [-0.05, 0) is 151 Å². The zero-order chi connectivity index (χ0) is 31.8. The molecule has 10 atom stereocenters. The van der Waals surface area contributed by atoms with E-state index in [1.165, 1.54) is 12.5 Å². The Balaban J connectivity index is 1.53. The summed E-state index contributed by atoms with van der Waals surface area (Å²) in [7, 11) is 0. The van der Waals surface area contributed by atoms with Gasteiger partial charge in [0.1, 0.15) is 6.10 Å². The van der Waals surface area contributed by atoms with Gasteiger partial charge in [-0.1, -0.05) is 25.0 Å². The van der Waals surface area contributed by atoms with Crippen LogP contribution in [0.5, 0.6) is 0 Å². The largest absolute Gasteiger partial charge is 0.458 e. The molecule has 4 fully saturated rings. The third kappa shape index (κ3) is 8.54. The van der Waals surface area contributed by atoms with Crippen LogP contribution >= 0.6 is 0 Å². The molecule has 0 aromatic carbocycles. The summed E-state index contributed by atoms with van der Waals surface area (Å²) in [6.07, 6.45) is 11.7. The molecule has 0 aromatic rings. The second-order valence-electron chi connectivity index (χ2n) is 14.5. The van der Waals surface area contributed by atoms with Crippen LogP contribution in [0.25, 0.3) is 0 Å². The van der Waals surface area contributed by atoms with E-state index in [4.69, 9.17) is 10.5 Å². The number of hydrogen-bond acceptors (Lipinski definition) is 7. The van der Waals surface area contributed by atoms with Crippen molar-refractivity contribution in [3.05, 3.63) is 22.8 Å². The highest BCUT2D eigenvalue weighted by Crippen LogP contribution is 2.60. The van der Waals surface area contributed by atoms with Crippen molar-refractivity contribution in [2.45, 2.75) is 123 Å². The van der Waals surface area contributed by atoms with E-state index in [0.717, 1.165) is 88.4 Å². The van der Waals surface area contributed by atoms with Gasteiger partial charge in [-0.3, -0.25) is 9.59 Å². The van der Waals surface area contributed by atoms with Gasteiger partial charge in [0.2, 0.25) is 5.91 Å². The molecule has 4 rings (SSSR count). The van der Waals surface area contributed by atoms with E-state index in [0.29, 0.717) is 49.6 Å². The van der Waals surface area contributed by atoms with Crippen molar-refractivity contribution < 1.29 is 24.5 Å². The number of esters is 1. The lowest BCUT2D eigenvalue weighted by molar-refractivity contribution is -0.145. The lowest BCUT2D eigenvalue weighted by atomic mass is 9.51. The zero-order valence-corrected chi connectivity index (χ0v) is 27.9. The number of nitrogens with two attached hydrogens (primary N) is 1. The number of ether oxygens (including phenoxy) is 1. The molecule has 4 saturated carbocycles. The SMILES string of the molecule is CC(=O)OC1CC2C(CC(O)C3C2CCC2C3CC[C@@H](O)[C@H]2C)/C1=C(\CCC=C(C)C)C(=O)NCCCCCNCCCN. The van der Waals surface area contributed by atoms with E-state index in [9.17, 15) is 19.8 Å². The Morgan fingerprint density at radius 2 is 1.57 bits per heavy atom. The fourth-order valence-corrected chi connectivity index (χ4v) is 9.47. The molecule has 4 aliphatic rings. The Hall–Kier alpha value is -1.74. The molecule has 0 radical (unpaired) electrons. The maximum atomic E-state index is 13.9. The maximum absolute atomic E-state index is 13.9. The molecule has 0 aliphatic heterocycles. The van der Waals surface area contributed by atoms with E-state index < -0.39 is 12.2 Å². The molecule has 8 heteroatoms. The van der Waals surface area contributed by atoms with Gasteiger partial charge in [0.15, 0.2) is 0 Å². The van der Waals surface area contributed by atoms with Crippen LogP contribution in [0.1, 0.15) is 105 Å². The highest BCUT2D eigenvalue weighted by atomic mass is 16.5. The lowest BCUT2D eigenvalue weighted by Crippen LogP contribution is -2.53. The summed E-state index contributed by atoms with van der Waals surface area (Å²) in [5, 5.41) is 29.0. The van der Waals surface area contributed by atoms with Crippen molar-refractivity contribution in [2.24, 2.45) is 47.2 Å². The number of unbranched alkanes of at least 4 members (excludes halogenated alkanes) is 2. The summed E-state index contributed by atoms with van der Waals surface area (Å²) in [4.78, 5) is 26.3. The number of allylic oxidation sites excluding steroid dienone is 2. The number of fused-ring (bicyclic) bond motifs is 5. The summed E-state index contributed by atoms with van der Waals surface area (Å²) >= 11 is 0. The first-order chi connectivity index (χ1) is 21.1. The van der Waals surface area contributed by atoms with Gasteiger partial charge in [0.25, 0.3) is 0 Å². The van der Waals surface area contributed by atoms with Gasteiger partial charge in [-0.2, -0.15) is 0 Å². The van der Waals surface area contributed by atoms with Crippen LogP contribution < -0.4 is 16.4 Å². The van der Waals surface area contributed by atoms with E-state index in [2.05, 4.69) is 37.5 Å². The summed E-state index contributed by atoms with van der Waals surface area (Å²) in [6, 6.07) is 0. The number of aliphatic hydroxyl groups excluding tert-OH is 2. The summed E-state index contributed by atoms with van der Waals surface area (Å²) < 4.78 is 6.00. The van der Waals surface area contributed by atoms with Crippen molar-refractivity contribution in [3.8, 4) is 0 Å². The number of hydrogen-bond donors (Lipinski definition) is 5. The Kier molecular flexibility index (Phi) is 13.3. The number of carbonyl (C=O) groups excluding carboxylic acids is 2. The third-order valence-corrected chi connectivity index (χ3v) is 11.4. The average Bonchev–Trinajstić information content (AvgIpc) is 3.32. The van der Waals surface area contributed by atoms with Crippen LogP contribution in [0.3, 0.4) is 0 Å². The van der Waals surface area contributed by atoms with Crippen molar-refractivity contribution >= 4 is 11.9 Å². The fraction of sp³-hybridized carbons (Fsp3) is 0.833. The summed E-state index contributed by atoms with van der Waals surface area (Å²) in [6.45, 7) is 11.0. The minimum absolute atomic E-state index is 0.0450. The highest BCUT2D eigenvalue weighted by molar-refractivity contribution is 5.94. The number of aliphatic hydroxyl groups is 2. The molecule has 8 nitrogen and oxygen atoms in total.